The van der Waals surface area contributed by atoms with Gasteiger partial charge in [0.2, 0.25) is 0 Å². The van der Waals surface area contributed by atoms with E-state index in [0.717, 1.165) is 6.92 Å². The van der Waals surface area contributed by atoms with E-state index in [1.807, 2.05) is 0 Å². The van der Waals surface area contributed by atoms with Gasteiger partial charge in [0.05, 0.1) is 0 Å². The summed E-state index contributed by atoms with van der Waals surface area (Å²) in [5, 5.41) is 0. The van der Waals surface area contributed by atoms with Crippen LogP contribution < -0.4 is 4.74 Å². The second-order valence-corrected chi connectivity index (χ2v) is 3.03. The molecule has 0 heterocycles. The Labute approximate surface area is 81.7 Å². The molecule has 14 heavy (non-hydrogen) atoms. The first kappa shape index (κ1) is 10.5. The smallest absolute Gasteiger partial charge is 0.278 e. The van der Waals surface area contributed by atoms with Crippen LogP contribution in [0, 0.1) is 12.3 Å². The molecule has 1 rings (SSSR count). The van der Waals surface area contributed by atoms with Crippen LogP contribution in [0.25, 0.3) is 0 Å². The molecule has 0 fully saturated rings. The average Bonchev–Trinajstić information content (AvgIpc) is 2.14. The Balaban J connectivity index is 2.58. The highest BCUT2D eigenvalue weighted by atomic mass is 19.3. The molecule has 0 saturated carbocycles. The van der Waals surface area contributed by atoms with Crippen LogP contribution in [0.4, 0.5) is 8.78 Å². The van der Waals surface area contributed by atoms with Crippen LogP contribution in [0.1, 0.15) is 12.5 Å². The Morgan fingerprint density at radius 2 is 1.93 bits per heavy atom. The third-order valence-electron chi connectivity index (χ3n) is 1.51. The molecule has 0 aliphatic heterocycles. The quantitative estimate of drug-likeness (QED) is 0.675. The molecule has 74 valence electrons. The summed E-state index contributed by atoms with van der Waals surface area (Å²) in [4.78, 5) is 0. The molecule has 3 heteroatoms. The van der Waals surface area contributed by atoms with Gasteiger partial charge in [-0.1, -0.05) is 5.92 Å². The summed E-state index contributed by atoms with van der Waals surface area (Å²) in [5.74, 6) is 0.00212. The lowest BCUT2D eigenvalue weighted by atomic mass is 10.2. The summed E-state index contributed by atoms with van der Waals surface area (Å²) in [7, 11) is 0. The summed E-state index contributed by atoms with van der Waals surface area (Å²) in [6.45, 7) is 0.186. The van der Waals surface area contributed by atoms with Gasteiger partial charge in [-0.2, -0.15) is 0 Å². The fourth-order valence-corrected chi connectivity index (χ4v) is 0.857. The number of hydrogen-bond acceptors (Lipinski definition) is 1. The van der Waals surface area contributed by atoms with Crippen LogP contribution in [0.5, 0.6) is 5.75 Å². The van der Waals surface area contributed by atoms with E-state index in [1.54, 1.807) is 24.3 Å². The molecule has 0 amide bonds. The van der Waals surface area contributed by atoms with Gasteiger partial charge in [-0.25, -0.2) is 8.78 Å². The first-order valence-electron chi connectivity index (χ1n) is 4.08. The Morgan fingerprint density at radius 3 is 2.36 bits per heavy atom. The van der Waals surface area contributed by atoms with Crippen molar-refractivity contribution in [1.82, 2.24) is 0 Å². The molecule has 0 saturated heterocycles. The van der Waals surface area contributed by atoms with Crippen molar-refractivity contribution in [3.8, 4) is 18.1 Å². The Kier molecular flexibility index (Phi) is 3.08. The largest absolute Gasteiger partial charge is 0.487 e. The zero-order valence-electron chi connectivity index (χ0n) is 7.76. The van der Waals surface area contributed by atoms with Crippen LogP contribution in [-0.4, -0.2) is 12.5 Å². The zero-order valence-corrected chi connectivity index (χ0v) is 7.76. The lowest BCUT2D eigenvalue weighted by Crippen LogP contribution is -2.20. The minimum absolute atomic E-state index is 0.394. The number of rotatable bonds is 3. The van der Waals surface area contributed by atoms with E-state index in [4.69, 9.17) is 11.2 Å². The molecule has 1 aromatic rings. The maximum atomic E-state index is 12.4. The molecule has 0 unspecified atom stereocenters. The van der Waals surface area contributed by atoms with Crippen molar-refractivity contribution >= 4 is 0 Å². The van der Waals surface area contributed by atoms with Crippen LogP contribution >= 0.6 is 0 Å². The van der Waals surface area contributed by atoms with Crippen molar-refractivity contribution in [1.29, 1.82) is 0 Å². The highest BCUT2D eigenvalue weighted by molar-refractivity contribution is 5.36. The summed E-state index contributed by atoms with van der Waals surface area (Å²) in [6.07, 6.45) is 5.13. The van der Waals surface area contributed by atoms with Crippen LogP contribution in [0.3, 0.4) is 0 Å². The van der Waals surface area contributed by atoms with Gasteiger partial charge < -0.3 is 4.74 Å². The van der Waals surface area contributed by atoms with Crippen molar-refractivity contribution in [3.05, 3.63) is 29.8 Å². The van der Waals surface area contributed by atoms with Crippen LogP contribution in [0.15, 0.2) is 24.3 Å². The number of halogens is 2. The molecule has 0 atom stereocenters. The minimum atomic E-state index is -2.81. The van der Waals surface area contributed by atoms with Gasteiger partial charge in [0.1, 0.15) is 5.75 Å². The first-order chi connectivity index (χ1) is 6.51. The van der Waals surface area contributed by atoms with E-state index in [2.05, 4.69) is 5.92 Å². The Hall–Kier alpha value is -1.56. The van der Waals surface area contributed by atoms with Gasteiger partial charge in [-0.05, 0) is 24.3 Å². The van der Waals surface area contributed by atoms with E-state index in [0.29, 0.717) is 11.3 Å². The van der Waals surface area contributed by atoms with E-state index in [1.165, 1.54) is 0 Å². The standard InChI is InChI=1S/C11H10F2O/c1-3-9-4-6-10(7-5-9)14-8-11(2,12)13/h1,4-7H,8H2,2H3. The molecule has 0 aromatic heterocycles. The molecule has 1 nitrogen and oxygen atoms in total. The molecule has 0 bridgehead atoms. The van der Waals surface area contributed by atoms with Crippen LogP contribution in [-0.2, 0) is 0 Å². The molecular formula is C11H10F2O. The molecular weight excluding hydrogens is 186 g/mol. The predicted molar refractivity (Wildman–Crippen MR) is 50.5 cm³/mol. The van der Waals surface area contributed by atoms with E-state index in [-0.39, 0.29) is 0 Å². The van der Waals surface area contributed by atoms with Crippen molar-refractivity contribution in [2.45, 2.75) is 12.8 Å². The van der Waals surface area contributed by atoms with Gasteiger partial charge in [0.25, 0.3) is 5.92 Å². The van der Waals surface area contributed by atoms with Crippen molar-refractivity contribution in [2.24, 2.45) is 0 Å². The fraction of sp³-hybridized carbons (Fsp3) is 0.273. The van der Waals surface area contributed by atoms with Crippen molar-refractivity contribution in [2.75, 3.05) is 6.61 Å². The average molecular weight is 196 g/mol. The van der Waals surface area contributed by atoms with E-state index in [9.17, 15) is 8.78 Å². The monoisotopic (exact) mass is 196 g/mol. The Morgan fingerprint density at radius 1 is 1.36 bits per heavy atom. The topological polar surface area (TPSA) is 9.23 Å². The third kappa shape index (κ3) is 3.44. The number of terminal acetylenes is 1. The maximum absolute atomic E-state index is 12.4. The minimum Gasteiger partial charge on any atom is -0.487 e. The molecule has 0 N–H and O–H groups in total. The highest BCUT2D eigenvalue weighted by Crippen LogP contribution is 2.16. The molecule has 0 spiro atoms. The van der Waals surface area contributed by atoms with Gasteiger partial charge in [0, 0.05) is 12.5 Å². The van der Waals surface area contributed by atoms with Crippen molar-refractivity contribution in [3.63, 3.8) is 0 Å². The summed E-state index contributed by atoms with van der Waals surface area (Å²) in [5.41, 5.74) is 0.695. The zero-order chi connectivity index (χ0) is 10.6. The fourth-order valence-electron chi connectivity index (χ4n) is 0.857. The lowest BCUT2D eigenvalue weighted by molar-refractivity contribution is -0.0229. The number of alkyl halides is 2. The highest BCUT2D eigenvalue weighted by Gasteiger charge is 2.21. The molecule has 0 aliphatic carbocycles. The van der Waals surface area contributed by atoms with Gasteiger partial charge in [-0.15, -0.1) is 6.42 Å². The summed E-state index contributed by atoms with van der Waals surface area (Å²) in [6, 6.07) is 6.42. The van der Waals surface area contributed by atoms with E-state index < -0.39 is 12.5 Å². The number of hydrogen-bond donors (Lipinski definition) is 0. The normalized spacial score (nSPS) is 10.7. The summed E-state index contributed by atoms with van der Waals surface area (Å²) < 4.78 is 29.6. The number of ether oxygens (including phenoxy) is 1. The van der Waals surface area contributed by atoms with Gasteiger partial charge >= 0.3 is 0 Å². The second-order valence-electron chi connectivity index (χ2n) is 3.03. The molecule has 0 radical (unpaired) electrons. The maximum Gasteiger partial charge on any atom is 0.278 e. The van der Waals surface area contributed by atoms with Crippen LogP contribution in [0.2, 0.25) is 0 Å². The second kappa shape index (κ2) is 4.10. The van der Waals surface area contributed by atoms with E-state index >= 15 is 0 Å². The Bertz CT molecular complexity index is 330. The summed E-state index contributed by atoms with van der Waals surface area (Å²) >= 11 is 0. The lowest BCUT2D eigenvalue weighted by Gasteiger charge is -2.11. The predicted octanol–water partition coefficient (Wildman–Crippen LogP) is 2.70. The first-order valence-corrected chi connectivity index (χ1v) is 4.08. The van der Waals surface area contributed by atoms with Gasteiger partial charge in [-0.3, -0.25) is 0 Å². The molecule has 0 aliphatic rings. The van der Waals surface area contributed by atoms with Crippen molar-refractivity contribution < 1.29 is 13.5 Å². The number of benzene rings is 1. The van der Waals surface area contributed by atoms with Gasteiger partial charge in [0.15, 0.2) is 6.61 Å². The molecule has 1 aromatic carbocycles. The SMILES string of the molecule is C#Cc1ccc(OCC(C)(F)F)cc1. The third-order valence-corrected chi connectivity index (χ3v) is 1.51.